The van der Waals surface area contributed by atoms with Crippen LogP contribution in [0.3, 0.4) is 0 Å². The predicted octanol–water partition coefficient (Wildman–Crippen LogP) is 3.55. The minimum absolute atomic E-state index is 0.193. The van der Waals surface area contributed by atoms with Crippen molar-refractivity contribution in [1.29, 1.82) is 0 Å². The van der Waals surface area contributed by atoms with E-state index in [2.05, 4.69) is 25.5 Å². The average molecular weight is 480 g/mol. The molecule has 1 amide bonds. The smallest absolute Gasteiger partial charge is 0.267 e. The zero-order chi connectivity index (χ0) is 24.2. The first kappa shape index (κ1) is 23.9. The first-order chi connectivity index (χ1) is 17.0. The quantitative estimate of drug-likeness (QED) is 0.474. The molecule has 0 bridgehead atoms. The Morgan fingerprint density at radius 2 is 1.77 bits per heavy atom. The number of nitrogens with one attached hydrogen (secondary N) is 2. The van der Waals surface area contributed by atoms with Crippen LogP contribution in [0.4, 0.5) is 17.5 Å². The van der Waals surface area contributed by atoms with E-state index >= 15 is 0 Å². The largest absolute Gasteiger partial charge is 0.393 e. The van der Waals surface area contributed by atoms with E-state index in [-0.39, 0.29) is 11.8 Å². The summed E-state index contributed by atoms with van der Waals surface area (Å²) in [4.78, 5) is 27.7. The van der Waals surface area contributed by atoms with Crippen molar-refractivity contribution in [2.24, 2.45) is 5.73 Å². The molecule has 0 atom stereocenters. The number of likely N-dealkylation sites (tertiary alicyclic amines) is 1. The third kappa shape index (κ3) is 5.90. The Morgan fingerprint density at radius 3 is 2.49 bits per heavy atom. The van der Waals surface area contributed by atoms with Crippen molar-refractivity contribution < 1.29 is 9.90 Å². The van der Waals surface area contributed by atoms with E-state index < -0.39 is 5.91 Å². The number of aliphatic hydroxyl groups is 1. The number of aromatic nitrogens is 3. The van der Waals surface area contributed by atoms with Gasteiger partial charge in [0.1, 0.15) is 11.5 Å². The molecule has 0 radical (unpaired) electrons. The lowest BCUT2D eigenvalue weighted by Gasteiger charge is -2.36. The van der Waals surface area contributed by atoms with Crippen molar-refractivity contribution in [3.63, 3.8) is 0 Å². The summed E-state index contributed by atoms with van der Waals surface area (Å²) < 4.78 is 0. The summed E-state index contributed by atoms with van der Waals surface area (Å²) in [6.07, 6.45) is 14.5. The van der Waals surface area contributed by atoms with Gasteiger partial charge in [-0.3, -0.25) is 9.78 Å². The summed E-state index contributed by atoms with van der Waals surface area (Å²) in [5, 5.41) is 16.8. The molecule has 9 heteroatoms. The molecular weight excluding hydrogens is 442 g/mol. The number of aliphatic hydroxyl groups excluding tert-OH is 1. The predicted molar refractivity (Wildman–Crippen MR) is 136 cm³/mol. The molecule has 2 aromatic rings. The second kappa shape index (κ2) is 10.9. The van der Waals surface area contributed by atoms with Crippen LogP contribution in [0.15, 0.2) is 24.5 Å². The molecule has 0 aromatic carbocycles. The minimum atomic E-state index is -0.573. The van der Waals surface area contributed by atoms with Gasteiger partial charge in [0.05, 0.1) is 6.10 Å². The van der Waals surface area contributed by atoms with E-state index in [0.717, 1.165) is 63.5 Å². The van der Waals surface area contributed by atoms with Crippen LogP contribution in [0.5, 0.6) is 0 Å². The molecule has 5 rings (SSSR count). The van der Waals surface area contributed by atoms with Crippen molar-refractivity contribution in [3.8, 4) is 0 Å². The number of carbonyl (C=O) groups is 1. The fraction of sp³-hybridized carbons (Fsp3) is 0.615. The summed E-state index contributed by atoms with van der Waals surface area (Å²) in [7, 11) is 0. The van der Waals surface area contributed by atoms with Gasteiger partial charge in [0.25, 0.3) is 5.91 Å². The van der Waals surface area contributed by atoms with Crippen LogP contribution in [0.25, 0.3) is 0 Å². The number of carbonyl (C=O) groups excluding carboxylic acids is 1. The molecule has 0 spiro atoms. The highest BCUT2D eigenvalue weighted by atomic mass is 16.3. The van der Waals surface area contributed by atoms with Crippen LogP contribution >= 0.6 is 0 Å². The maximum Gasteiger partial charge on any atom is 0.267 e. The van der Waals surface area contributed by atoms with E-state index in [9.17, 15) is 9.90 Å². The van der Waals surface area contributed by atoms with E-state index in [4.69, 9.17) is 10.7 Å². The van der Waals surface area contributed by atoms with Crippen LogP contribution < -0.4 is 16.4 Å². The molecule has 2 saturated carbocycles. The Morgan fingerprint density at radius 1 is 1.03 bits per heavy atom. The molecule has 0 unspecified atom stereocenters. The van der Waals surface area contributed by atoms with Gasteiger partial charge < -0.3 is 26.4 Å². The average Bonchev–Trinajstić information content (AvgIpc) is 3.41. The Bertz CT molecular complexity index is 1010. The maximum atomic E-state index is 11.5. The molecule has 188 valence electrons. The molecule has 35 heavy (non-hydrogen) atoms. The SMILES string of the molecule is NC(=O)c1cc(Nc2ncc(C3CCN(C4CCCC4)CC3)c(NC3CCC(O)CC3)n2)ccn1. The molecule has 1 saturated heterocycles. The Labute approximate surface area is 206 Å². The van der Waals surface area contributed by atoms with Gasteiger partial charge in [-0.05, 0) is 82.5 Å². The van der Waals surface area contributed by atoms with Crippen LogP contribution in [0.1, 0.15) is 86.2 Å². The normalized spacial score (nSPS) is 24.4. The van der Waals surface area contributed by atoms with Crippen molar-refractivity contribution in [2.45, 2.75) is 88.3 Å². The highest BCUT2D eigenvalue weighted by Gasteiger charge is 2.30. The number of amides is 1. The van der Waals surface area contributed by atoms with E-state index in [1.165, 1.54) is 31.2 Å². The second-order valence-electron chi connectivity index (χ2n) is 10.3. The van der Waals surface area contributed by atoms with Crippen LogP contribution in [0, 0.1) is 0 Å². The van der Waals surface area contributed by atoms with Crippen molar-refractivity contribution in [2.75, 3.05) is 23.7 Å². The summed E-state index contributed by atoms with van der Waals surface area (Å²) >= 11 is 0. The van der Waals surface area contributed by atoms with E-state index in [1.54, 1.807) is 18.3 Å². The number of anilines is 3. The molecule has 3 heterocycles. The molecular formula is C26H37N7O2. The molecule has 2 aromatic heterocycles. The molecule has 3 aliphatic rings. The van der Waals surface area contributed by atoms with Crippen LogP contribution in [-0.2, 0) is 0 Å². The summed E-state index contributed by atoms with van der Waals surface area (Å²) in [5.41, 5.74) is 7.41. The Balaban J connectivity index is 1.34. The number of nitrogens with two attached hydrogens (primary N) is 1. The number of pyridine rings is 1. The van der Waals surface area contributed by atoms with Gasteiger partial charge in [0.15, 0.2) is 0 Å². The standard InChI is InChI=1S/C26H37N7O2/c27-24(35)23-15-19(9-12-28-23)31-26-29-16-22(25(32-26)30-18-5-7-21(34)8-6-18)17-10-13-33(14-11-17)20-3-1-2-4-20/h9,12,15-18,20-21,34H,1-8,10-11,13-14H2,(H2,27,35)(H2,28,29,30,31,32). The van der Waals surface area contributed by atoms with Gasteiger partial charge in [-0.25, -0.2) is 4.98 Å². The summed E-state index contributed by atoms with van der Waals surface area (Å²) in [6, 6.07) is 4.43. The lowest BCUT2D eigenvalue weighted by atomic mass is 9.88. The lowest BCUT2D eigenvalue weighted by Crippen LogP contribution is -2.39. The van der Waals surface area contributed by atoms with Crippen molar-refractivity contribution in [1.82, 2.24) is 19.9 Å². The highest BCUT2D eigenvalue weighted by Crippen LogP contribution is 2.36. The Hall–Kier alpha value is -2.78. The molecule has 9 nitrogen and oxygen atoms in total. The number of primary amides is 1. The molecule has 1 aliphatic heterocycles. The number of rotatable bonds is 7. The molecule has 3 fully saturated rings. The summed E-state index contributed by atoms with van der Waals surface area (Å²) in [5.74, 6) is 1.21. The Kier molecular flexibility index (Phi) is 7.43. The number of hydrogen-bond donors (Lipinski definition) is 4. The van der Waals surface area contributed by atoms with E-state index in [1.807, 2.05) is 6.20 Å². The first-order valence-electron chi connectivity index (χ1n) is 13.1. The molecule has 2 aliphatic carbocycles. The number of nitrogens with zero attached hydrogens (tertiary/aromatic N) is 4. The maximum absolute atomic E-state index is 11.5. The number of piperidine rings is 1. The van der Waals surface area contributed by atoms with Gasteiger partial charge in [0, 0.05) is 35.7 Å². The van der Waals surface area contributed by atoms with Crippen LogP contribution in [0.2, 0.25) is 0 Å². The lowest BCUT2D eigenvalue weighted by molar-refractivity contribution is 0.0995. The zero-order valence-corrected chi connectivity index (χ0v) is 20.3. The first-order valence-corrected chi connectivity index (χ1v) is 13.1. The molecule has 5 N–H and O–H groups in total. The van der Waals surface area contributed by atoms with Crippen molar-refractivity contribution >= 4 is 23.4 Å². The van der Waals surface area contributed by atoms with Gasteiger partial charge in [0.2, 0.25) is 5.95 Å². The topological polar surface area (TPSA) is 129 Å². The van der Waals surface area contributed by atoms with Gasteiger partial charge >= 0.3 is 0 Å². The number of hydrogen-bond acceptors (Lipinski definition) is 8. The van der Waals surface area contributed by atoms with Gasteiger partial charge in [-0.1, -0.05) is 12.8 Å². The third-order valence-electron chi connectivity index (χ3n) is 7.93. The van der Waals surface area contributed by atoms with Crippen LogP contribution in [-0.4, -0.2) is 62.1 Å². The summed E-state index contributed by atoms with van der Waals surface area (Å²) in [6.45, 7) is 2.27. The monoisotopic (exact) mass is 479 g/mol. The highest BCUT2D eigenvalue weighted by molar-refractivity contribution is 5.91. The van der Waals surface area contributed by atoms with Gasteiger partial charge in [-0.15, -0.1) is 0 Å². The van der Waals surface area contributed by atoms with Crippen molar-refractivity contribution in [3.05, 3.63) is 35.8 Å². The fourth-order valence-electron chi connectivity index (χ4n) is 5.90. The van der Waals surface area contributed by atoms with E-state index in [0.29, 0.717) is 23.6 Å². The second-order valence-corrected chi connectivity index (χ2v) is 10.3. The fourth-order valence-corrected chi connectivity index (χ4v) is 5.90. The van der Waals surface area contributed by atoms with Gasteiger partial charge in [-0.2, -0.15) is 4.98 Å². The third-order valence-corrected chi connectivity index (χ3v) is 7.93. The zero-order valence-electron chi connectivity index (χ0n) is 20.3. The minimum Gasteiger partial charge on any atom is -0.393 e.